The number of benzene rings is 1. The molecule has 0 spiro atoms. The standard InChI is InChI=1S/C17H19F4N3O2/c1-23(9-14-6-7-22-24(14)2)15(25)13-5-3-4-12(8-13)10-26-11-17(20,21)16(18)19/h3-8,16H,9-11H2,1-2H3. The van der Waals surface area contributed by atoms with E-state index in [2.05, 4.69) is 9.84 Å². The zero-order chi connectivity index (χ0) is 19.3. The van der Waals surface area contributed by atoms with Crippen molar-refractivity contribution in [2.24, 2.45) is 7.05 Å². The number of nitrogens with zero attached hydrogens (tertiary/aromatic N) is 3. The minimum atomic E-state index is -4.20. The van der Waals surface area contributed by atoms with Gasteiger partial charge in [-0.05, 0) is 23.8 Å². The van der Waals surface area contributed by atoms with Gasteiger partial charge < -0.3 is 9.64 Å². The molecule has 1 heterocycles. The van der Waals surface area contributed by atoms with Crippen LogP contribution < -0.4 is 0 Å². The molecule has 26 heavy (non-hydrogen) atoms. The SMILES string of the molecule is CN(Cc1ccnn1C)C(=O)c1cccc(COCC(F)(F)C(F)F)c1. The fourth-order valence-electron chi connectivity index (χ4n) is 2.25. The molecule has 1 aromatic carbocycles. The van der Waals surface area contributed by atoms with Crippen molar-refractivity contribution >= 4 is 5.91 Å². The Morgan fingerprint density at radius 3 is 2.69 bits per heavy atom. The Bertz CT molecular complexity index is 749. The maximum absolute atomic E-state index is 12.8. The van der Waals surface area contributed by atoms with E-state index in [1.165, 1.54) is 11.0 Å². The molecule has 142 valence electrons. The van der Waals surface area contributed by atoms with Crippen LogP contribution in [0.4, 0.5) is 17.6 Å². The van der Waals surface area contributed by atoms with Crippen molar-refractivity contribution in [3.8, 4) is 0 Å². The maximum atomic E-state index is 12.8. The summed E-state index contributed by atoms with van der Waals surface area (Å²) in [5.41, 5.74) is 1.63. The van der Waals surface area contributed by atoms with Crippen LogP contribution in [0.25, 0.3) is 0 Å². The Labute approximate surface area is 148 Å². The van der Waals surface area contributed by atoms with Crippen LogP contribution in [-0.2, 0) is 24.9 Å². The van der Waals surface area contributed by atoms with Gasteiger partial charge in [0.2, 0.25) is 0 Å². The third-order valence-corrected chi connectivity index (χ3v) is 3.72. The van der Waals surface area contributed by atoms with Crippen LogP contribution in [0.3, 0.4) is 0 Å². The predicted molar refractivity (Wildman–Crippen MR) is 86.1 cm³/mol. The van der Waals surface area contributed by atoms with Gasteiger partial charge >= 0.3 is 12.3 Å². The number of hydrogen-bond donors (Lipinski definition) is 0. The third kappa shape index (κ3) is 5.04. The highest BCUT2D eigenvalue weighted by atomic mass is 19.3. The maximum Gasteiger partial charge on any atom is 0.330 e. The van der Waals surface area contributed by atoms with Crippen molar-refractivity contribution in [3.63, 3.8) is 0 Å². The highest BCUT2D eigenvalue weighted by Gasteiger charge is 2.40. The molecule has 0 bridgehead atoms. The molecule has 0 aliphatic heterocycles. The van der Waals surface area contributed by atoms with Gasteiger partial charge in [-0.3, -0.25) is 9.48 Å². The Morgan fingerprint density at radius 2 is 2.08 bits per heavy atom. The molecule has 0 saturated heterocycles. The summed E-state index contributed by atoms with van der Waals surface area (Å²) in [5.74, 6) is -4.47. The zero-order valence-electron chi connectivity index (χ0n) is 14.3. The number of halogens is 4. The van der Waals surface area contributed by atoms with E-state index in [-0.39, 0.29) is 12.5 Å². The molecule has 0 radical (unpaired) electrons. The number of aromatic nitrogens is 2. The first-order valence-electron chi connectivity index (χ1n) is 7.75. The lowest BCUT2D eigenvalue weighted by molar-refractivity contribution is -0.168. The zero-order valence-corrected chi connectivity index (χ0v) is 14.3. The molecule has 0 N–H and O–H groups in total. The number of aryl methyl sites for hydroxylation is 1. The van der Waals surface area contributed by atoms with Crippen LogP contribution in [0.2, 0.25) is 0 Å². The third-order valence-electron chi connectivity index (χ3n) is 3.72. The second-order valence-electron chi connectivity index (χ2n) is 5.86. The van der Waals surface area contributed by atoms with E-state index >= 15 is 0 Å². The summed E-state index contributed by atoms with van der Waals surface area (Å²) in [7, 11) is 3.39. The van der Waals surface area contributed by atoms with Crippen molar-refractivity contribution in [1.29, 1.82) is 0 Å². The number of hydrogen-bond acceptors (Lipinski definition) is 3. The molecular weight excluding hydrogens is 354 g/mol. The Balaban J connectivity index is 1.97. The number of alkyl halides is 4. The quantitative estimate of drug-likeness (QED) is 0.668. The van der Waals surface area contributed by atoms with Crippen LogP contribution in [0.1, 0.15) is 21.6 Å². The Hall–Kier alpha value is -2.42. The number of carbonyl (C=O) groups is 1. The van der Waals surface area contributed by atoms with Gasteiger partial charge in [0, 0.05) is 25.9 Å². The lowest BCUT2D eigenvalue weighted by Crippen LogP contribution is -2.32. The van der Waals surface area contributed by atoms with Gasteiger partial charge in [0.05, 0.1) is 18.8 Å². The molecule has 2 rings (SSSR count). The number of ether oxygens (including phenoxy) is 1. The molecule has 0 aliphatic rings. The molecule has 1 amide bonds. The normalized spacial score (nSPS) is 11.8. The van der Waals surface area contributed by atoms with Gasteiger partial charge in [-0.2, -0.15) is 13.9 Å². The first kappa shape index (κ1) is 19.9. The van der Waals surface area contributed by atoms with Crippen molar-refractivity contribution < 1.29 is 27.1 Å². The van der Waals surface area contributed by atoms with E-state index in [0.717, 1.165) is 5.69 Å². The largest absolute Gasteiger partial charge is 0.370 e. The van der Waals surface area contributed by atoms with Gasteiger partial charge in [0.15, 0.2) is 0 Å². The summed E-state index contributed by atoms with van der Waals surface area (Å²) in [6.45, 7) is -1.34. The van der Waals surface area contributed by atoms with E-state index in [1.807, 2.05) is 0 Å². The van der Waals surface area contributed by atoms with Gasteiger partial charge in [0.25, 0.3) is 5.91 Å². The van der Waals surface area contributed by atoms with E-state index in [4.69, 9.17) is 0 Å². The fraction of sp³-hybridized carbons (Fsp3) is 0.412. The second kappa shape index (κ2) is 8.31. The minimum absolute atomic E-state index is 0.272. The first-order chi connectivity index (χ1) is 12.2. The van der Waals surface area contributed by atoms with Crippen molar-refractivity contribution in [3.05, 3.63) is 53.3 Å². The smallest absolute Gasteiger partial charge is 0.330 e. The van der Waals surface area contributed by atoms with Crippen LogP contribution in [0.5, 0.6) is 0 Å². The second-order valence-corrected chi connectivity index (χ2v) is 5.86. The molecule has 0 aliphatic carbocycles. The average Bonchev–Trinajstić information content (AvgIpc) is 2.99. The first-order valence-corrected chi connectivity index (χ1v) is 7.75. The lowest BCUT2D eigenvalue weighted by Gasteiger charge is -2.18. The number of rotatable bonds is 8. The van der Waals surface area contributed by atoms with Crippen LogP contribution in [0.15, 0.2) is 36.5 Å². The summed E-state index contributed by atoms with van der Waals surface area (Å²) in [4.78, 5) is 14.0. The topological polar surface area (TPSA) is 47.4 Å². The molecule has 0 fully saturated rings. The molecule has 2 aromatic rings. The van der Waals surface area contributed by atoms with Crippen LogP contribution in [-0.4, -0.2) is 46.6 Å². The van der Waals surface area contributed by atoms with Gasteiger partial charge in [0.1, 0.15) is 6.61 Å². The molecule has 1 aromatic heterocycles. The number of amides is 1. The monoisotopic (exact) mass is 373 g/mol. The predicted octanol–water partition coefficient (Wildman–Crippen LogP) is 3.11. The summed E-state index contributed by atoms with van der Waals surface area (Å²) in [6, 6.07) is 8.01. The highest BCUT2D eigenvalue weighted by Crippen LogP contribution is 2.23. The van der Waals surface area contributed by atoms with E-state index in [9.17, 15) is 22.4 Å². The highest BCUT2D eigenvalue weighted by molar-refractivity contribution is 5.94. The fourth-order valence-corrected chi connectivity index (χ4v) is 2.25. The minimum Gasteiger partial charge on any atom is -0.370 e. The molecule has 0 unspecified atom stereocenters. The summed E-state index contributed by atoms with van der Waals surface area (Å²) in [6.07, 6.45) is -2.16. The molecule has 0 saturated carbocycles. The Morgan fingerprint density at radius 1 is 1.35 bits per heavy atom. The van der Waals surface area contributed by atoms with E-state index in [0.29, 0.717) is 17.7 Å². The van der Waals surface area contributed by atoms with Crippen LogP contribution >= 0.6 is 0 Å². The summed E-state index contributed by atoms with van der Waals surface area (Å²) < 4.78 is 56.2. The van der Waals surface area contributed by atoms with Gasteiger partial charge in [-0.1, -0.05) is 12.1 Å². The van der Waals surface area contributed by atoms with Crippen LogP contribution in [0, 0.1) is 0 Å². The van der Waals surface area contributed by atoms with Gasteiger partial charge in [-0.15, -0.1) is 0 Å². The average molecular weight is 373 g/mol. The van der Waals surface area contributed by atoms with E-state index < -0.39 is 19.0 Å². The van der Waals surface area contributed by atoms with E-state index in [1.54, 1.807) is 49.2 Å². The molecule has 9 heteroatoms. The molecular formula is C17H19F4N3O2. The molecule has 0 atom stereocenters. The molecule has 5 nitrogen and oxygen atoms in total. The van der Waals surface area contributed by atoms with Crippen molar-refractivity contribution in [2.75, 3.05) is 13.7 Å². The summed E-state index contributed by atoms with van der Waals surface area (Å²) in [5, 5.41) is 4.03. The lowest BCUT2D eigenvalue weighted by atomic mass is 10.1. The van der Waals surface area contributed by atoms with Crippen molar-refractivity contribution in [2.45, 2.75) is 25.5 Å². The van der Waals surface area contributed by atoms with Crippen molar-refractivity contribution in [1.82, 2.24) is 14.7 Å². The number of carbonyl (C=O) groups excluding carboxylic acids is 1. The Kier molecular flexibility index (Phi) is 6.36. The summed E-state index contributed by atoms with van der Waals surface area (Å²) >= 11 is 0. The van der Waals surface area contributed by atoms with Gasteiger partial charge in [-0.25, -0.2) is 8.78 Å².